The second-order valence-electron chi connectivity index (χ2n) is 4.68. The molecular formula is C18H14IN. The average Bonchev–Trinajstić information content (AvgIpc) is 2.49. The van der Waals surface area contributed by atoms with Crippen molar-refractivity contribution in [2.75, 3.05) is 5.73 Å². The molecule has 1 nitrogen and oxygen atoms in total. The Morgan fingerprint density at radius 3 is 2.10 bits per heavy atom. The van der Waals surface area contributed by atoms with Gasteiger partial charge in [0.25, 0.3) is 0 Å². The second-order valence-corrected chi connectivity index (χ2v) is 5.84. The first-order valence-electron chi connectivity index (χ1n) is 6.45. The largest absolute Gasteiger partial charge is 0.399 e. The molecule has 0 heterocycles. The van der Waals surface area contributed by atoms with Gasteiger partial charge in [-0.1, -0.05) is 48.5 Å². The maximum atomic E-state index is 5.74. The lowest BCUT2D eigenvalue weighted by Gasteiger charge is -2.08. The molecule has 2 N–H and O–H groups in total. The zero-order valence-corrected chi connectivity index (χ0v) is 13.0. The first-order chi connectivity index (χ1) is 9.74. The molecule has 20 heavy (non-hydrogen) atoms. The molecule has 0 saturated heterocycles. The normalized spacial score (nSPS) is 10.4. The molecule has 0 atom stereocenters. The highest BCUT2D eigenvalue weighted by atomic mass is 127. The number of nitrogens with two attached hydrogens (primary N) is 1. The predicted octanol–water partition coefficient (Wildman–Crippen LogP) is 5.21. The summed E-state index contributed by atoms with van der Waals surface area (Å²) in [6.45, 7) is 0. The summed E-state index contributed by atoms with van der Waals surface area (Å²) in [5.74, 6) is 0. The third-order valence-electron chi connectivity index (χ3n) is 3.29. The fraction of sp³-hybridized carbons (Fsp3) is 0. The van der Waals surface area contributed by atoms with Gasteiger partial charge in [-0.05, 0) is 69.1 Å². The van der Waals surface area contributed by atoms with Crippen LogP contribution in [0.15, 0.2) is 72.8 Å². The Labute approximate surface area is 132 Å². The third-order valence-corrected chi connectivity index (χ3v) is 4.23. The van der Waals surface area contributed by atoms with E-state index in [1.165, 1.54) is 25.8 Å². The number of hydrogen-bond donors (Lipinski definition) is 1. The van der Waals surface area contributed by atoms with E-state index in [-0.39, 0.29) is 0 Å². The van der Waals surface area contributed by atoms with Crippen molar-refractivity contribution in [3.05, 3.63) is 76.4 Å². The molecule has 0 aliphatic carbocycles. The van der Waals surface area contributed by atoms with Crippen molar-refractivity contribution < 1.29 is 0 Å². The van der Waals surface area contributed by atoms with E-state index < -0.39 is 0 Å². The Bertz CT molecular complexity index is 732. The zero-order chi connectivity index (χ0) is 13.9. The fourth-order valence-corrected chi connectivity index (χ4v) is 2.94. The molecule has 2 heteroatoms. The number of nitrogen functional groups attached to an aromatic ring is 1. The molecule has 0 aromatic heterocycles. The van der Waals surface area contributed by atoms with Gasteiger partial charge in [-0.15, -0.1) is 0 Å². The van der Waals surface area contributed by atoms with Crippen molar-refractivity contribution in [3.8, 4) is 22.3 Å². The summed E-state index contributed by atoms with van der Waals surface area (Å²) >= 11 is 2.38. The van der Waals surface area contributed by atoms with Gasteiger partial charge in [-0.2, -0.15) is 0 Å². The maximum absolute atomic E-state index is 5.74. The lowest BCUT2D eigenvalue weighted by atomic mass is 9.99. The molecule has 0 fully saturated rings. The molecule has 3 rings (SSSR count). The summed E-state index contributed by atoms with van der Waals surface area (Å²) in [6, 6.07) is 25.0. The van der Waals surface area contributed by atoms with Crippen LogP contribution in [0.5, 0.6) is 0 Å². The van der Waals surface area contributed by atoms with Crippen molar-refractivity contribution in [1.82, 2.24) is 0 Å². The number of anilines is 1. The molecule has 0 radical (unpaired) electrons. The monoisotopic (exact) mass is 371 g/mol. The van der Waals surface area contributed by atoms with Crippen LogP contribution in [0.4, 0.5) is 5.69 Å². The summed E-state index contributed by atoms with van der Waals surface area (Å²) in [5.41, 5.74) is 11.4. The number of hydrogen-bond acceptors (Lipinski definition) is 1. The Balaban J connectivity index is 2.06. The van der Waals surface area contributed by atoms with Crippen LogP contribution in [0, 0.1) is 3.57 Å². The quantitative estimate of drug-likeness (QED) is 0.486. The van der Waals surface area contributed by atoms with Crippen LogP contribution in [0.1, 0.15) is 0 Å². The summed E-state index contributed by atoms with van der Waals surface area (Å²) in [7, 11) is 0. The van der Waals surface area contributed by atoms with Crippen LogP contribution in [0.2, 0.25) is 0 Å². The molecule has 0 unspecified atom stereocenters. The highest BCUT2D eigenvalue weighted by molar-refractivity contribution is 14.1. The van der Waals surface area contributed by atoms with Crippen molar-refractivity contribution in [3.63, 3.8) is 0 Å². The van der Waals surface area contributed by atoms with E-state index in [9.17, 15) is 0 Å². The maximum Gasteiger partial charge on any atom is 0.0314 e. The molecule has 98 valence electrons. The third kappa shape index (κ3) is 2.70. The lowest BCUT2D eigenvalue weighted by Crippen LogP contribution is -1.86. The van der Waals surface area contributed by atoms with Gasteiger partial charge in [-0.25, -0.2) is 0 Å². The molecular weight excluding hydrogens is 357 g/mol. The molecule has 0 spiro atoms. The van der Waals surface area contributed by atoms with Crippen LogP contribution < -0.4 is 5.73 Å². The van der Waals surface area contributed by atoms with E-state index in [1.54, 1.807) is 0 Å². The molecule has 3 aromatic rings. The van der Waals surface area contributed by atoms with Crippen LogP contribution in [-0.4, -0.2) is 0 Å². The number of rotatable bonds is 2. The van der Waals surface area contributed by atoms with E-state index >= 15 is 0 Å². The molecule has 0 amide bonds. The first kappa shape index (κ1) is 13.2. The van der Waals surface area contributed by atoms with Gasteiger partial charge < -0.3 is 5.73 Å². The summed E-state index contributed by atoms with van der Waals surface area (Å²) in [5, 5.41) is 0. The minimum absolute atomic E-state index is 0.794. The minimum Gasteiger partial charge on any atom is -0.399 e. The lowest BCUT2D eigenvalue weighted by molar-refractivity contribution is 1.56. The van der Waals surface area contributed by atoms with Crippen molar-refractivity contribution >= 4 is 28.3 Å². The van der Waals surface area contributed by atoms with Gasteiger partial charge in [0, 0.05) is 9.26 Å². The SMILES string of the molecule is Nc1ccc(-c2cccc(-c3ccccc3I)c2)cc1. The summed E-state index contributed by atoms with van der Waals surface area (Å²) in [4.78, 5) is 0. The van der Waals surface area contributed by atoms with Gasteiger partial charge in [0.05, 0.1) is 0 Å². The summed E-state index contributed by atoms with van der Waals surface area (Å²) < 4.78 is 1.26. The Kier molecular flexibility index (Phi) is 3.74. The Morgan fingerprint density at radius 2 is 1.35 bits per heavy atom. The van der Waals surface area contributed by atoms with E-state index in [4.69, 9.17) is 5.73 Å². The standard InChI is InChI=1S/C18H14IN/c19-18-7-2-1-6-17(18)15-5-3-4-14(12-15)13-8-10-16(20)11-9-13/h1-12H,20H2. The average molecular weight is 371 g/mol. The topological polar surface area (TPSA) is 26.0 Å². The van der Waals surface area contributed by atoms with Crippen LogP contribution in [0.25, 0.3) is 22.3 Å². The van der Waals surface area contributed by atoms with E-state index in [0.717, 1.165) is 5.69 Å². The predicted molar refractivity (Wildman–Crippen MR) is 94.4 cm³/mol. The Morgan fingerprint density at radius 1 is 0.650 bits per heavy atom. The Hall–Kier alpha value is -1.81. The highest BCUT2D eigenvalue weighted by Gasteiger charge is 2.04. The van der Waals surface area contributed by atoms with Crippen molar-refractivity contribution in [1.29, 1.82) is 0 Å². The van der Waals surface area contributed by atoms with E-state index in [1.807, 2.05) is 12.1 Å². The van der Waals surface area contributed by atoms with Crippen LogP contribution in [-0.2, 0) is 0 Å². The summed E-state index contributed by atoms with van der Waals surface area (Å²) in [6.07, 6.45) is 0. The number of halogens is 1. The second kappa shape index (κ2) is 5.67. The smallest absolute Gasteiger partial charge is 0.0314 e. The highest BCUT2D eigenvalue weighted by Crippen LogP contribution is 2.29. The van der Waals surface area contributed by atoms with Crippen LogP contribution >= 0.6 is 22.6 Å². The molecule has 3 aromatic carbocycles. The van der Waals surface area contributed by atoms with Crippen LogP contribution in [0.3, 0.4) is 0 Å². The van der Waals surface area contributed by atoms with Crippen molar-refractivity contribution in [2.45, 2.75) is 0 Å². The zero-order valence-electron chi connectivity index (χ0n) is 10.9. The van der Waals surface area contributed by atoms with Gasteiger partial charge in [-0.3, -0.25) is 0 Å². The molecule has 0 aliphatic heterocycles. The van der Waals surface area contributed by atoms with Gasteiger partial charge in [0.2, 0.25) is 0 Å². The van der Waals surface area contributed by atoms with E-state index in [0.29, 0.717) is 0 Å². The number of benzene rings is 3. The van der Waals surface area contributed by atoms with Crippen molar-refractivity contribution in [2.24, 2.45) is 0 Å². The molecule has 0 aliphatic rings. The van der Waals surface area contributed by atoms with Gasteiger partial charge in [0.1, 0.15) is 0 Å². The first-order valence-corrected chi connectivity index (χ1v) is 7.53. The molecule has 0 bridgehead atoms. The van der Waals surface area contributed by atoms with Gasteiger partial charge >= 0.3 is 0 Å². The molecule has 0 saturated carbocycles. The van der Waals surface area contributed by atoms with E-state index in [2.05, 4.69) is 83.3 Å². The van der Waals surface area contributed by atoms with Gasteiger partial charge in [0.15, 0.2) is 0 Å². The fourth-order valence-electron chi connectivity index (χ4n) is 2.24. The minimum atomic E-state index is 0.794.